The van der Waals surface area contributed by atoms with Crippen LogP contribution in [0.1, 0.15) is 42.1 Å². The first-order chi connectivity index (χ1) is 10.5. The van der Waals surface area contributed by atoms with Gasteiger partial charge in [0, 0.05) is 25.1 Å². The number of carbonyl (C=O) groups is 3. The lowest BCUT2D eigenvalue weighted by molar-refractivity contribution is -0.141. The molecule has 0 saturated heterocycles. The SMILES string of the molecule is CC(=O)NCc1ccc(C(=O)N[C@H]2CC[C@@H](C(=O)O)C2)cc1. The number of nitrogens with one attached hydrogen (secondary N) is 2. The Morgan fingerprint density at radius 2 is 1.86 bits per heavy atom. The Hall–Kier alpha value is -2.37. The molecule has 0 spiro atoms. The summed E-state index contributed by atoms with van der Waals surface area (Å²) in [6, 6.07) is 6.92. The van der Waals surface area contributed by atoms with Gasteiger partial charge in [0.25, 0.3) is 5.91 Å². The summed E-state index contributed by atoms with van der Waals surface area (Å²) in [4.78, 5) is 33.9. The second-order valence-corrected chi connectivity index (χ2v) is 5.63. The summed E-state index contributed by atoms with van der Waals surface area (Å²) in [5.41, 5.74) is 1.45. The summed E-state index contributed by atoms with van der Waals surface area (Å²) in [5.74, 6) is -1.44. The van der Waals surface area contributed by atoms with Crippen molar-refractivity contribution < 1.29 is 19.5 Å². The molecule has 2 amide bonds. The molecular weight excluding hydrogens is 284 g/mol. The Morgan fingerprint density at radius 1 is 1.18 bits per heavy atom. The highest BCUT2D eigenvalue weighted by Gasteiger charge is 2.30. The molecule has 0 aliphatic heterocycles. The number of rotatable bonds is 5. The van der Waals surface area contributed by atoms with Gasteiger partial charge in [0.05, 0.1) is 5.92 Å². The van der Waals surface area contributed by atoms with Gasteiger partial charge in [-0.3, -0.25) is 14.4 Å². The van der Waals surface area contributed by atoms with E-state index in [0.29, 0.717) is 31.4 Å². The van der Waals surface area contributed by atoms with Gasteiger partial charge >= 0.3 is 5.97 Å². The van der Waals surface area contributed by atoms with Crippen LogP contribution < -0.4 is 10.6 Å². The molecule has 22 heavy (non-hydrogen) atoms. The molecule has 1 aromatic rings. The molecule has 0 aromatic heterocycles. The van der Waals surface area contributed by atoms with Crippen LogP contribution in [0.2, 0.25) is 0 Å². The van der Waals surface area contributed by atoms with E-state index in [-0.39, 0.29) is 23.8 Å². The van der Waals surface area contributed by atoms with Crippen molar-refractivity contribution in [3.05, 3.63) is 35.4 Å². The van der Waals surface area contributed by atoms with Crippen LogP contribution in [0.25, 0.3) is 0 Å². The van der Waals surface area contributed by atoms with Crippen molar-refractivity contribution in [1.29, 1.82) is 0 Å². The molecule has 1 fully saturated rings. The third-order valence-corrected chi connectivity index (χ3v) is 3.87. The molecule has 1 saturated carbocycles. The molecule has 0 bridgehead atoms. The van der Waals surface area contributed by atoms with Crippen LogP contribution in [0.4, 0.5) is 0 Å². The van der Waals surface area contributed by atoms with Crippen LogP contribution in [0.3, 0.4) is 0 Å². The molecule has 1 aromatic carbocycles. The number of amides is 2. The van der Waals surface area contributed by atoms with Gasteiger partial charge in [-0.2, -0.15) is 0 Å². The van der Waals surface area contributed by atoms with Crippen molar-refractivity contribution >= 4 is 17.8 Å². The summed E-state index contributed by atoms with van der Waals surface area (Å²) < 4.78 is 0. The first-order valence-corrected chi connectivity index (χ1v) is 7.32. The fraction of sp³-hybridized carbons (Fsp3) is 0.438. The van der Waals surface area contributed by atoms with Crippen LogP contribution >= 0.6 is 0 Å². The van der Waals surface area contributed by atoms with E-state index in [0.717, 1.165) is 5.56 Å². The van der Waals surface area contributed by atoms with Gasteiger partial charge < -0.3 is 15.7 Å². The fourth-order valence-electron chi connectivity index (χ4n) is 2.61. The minimum Gasteiger partial charge on any atom is -0.481 e. The smallest absolute Gasteiger partial charge is 0.306 e. The van der Waals surface area contributed by atoms with Crippen LogP contribution in [0.5, 0.6) is 0 Å². The molecule has 118 valence electrons. The molecular formula is C16H20N2O4. The van der Waals surface area contributed by atoms with Gasteiger partial charge in [0.2, 0.25) is 5.91 Å². The highest BCUT2D eigenvalue weighted by Crippen LogP contribution is 2.25. The zero-order valence-electron chi connectivity index (χ0n) is 12.5. The zero-order valence-corrected chi connectivity index (χ0v) is 12.5. The highest BCUT2D eigenvalue weighted by atomic mass is 16.4. The van der Waals surface area contributed by atoms with E-state index in [4.69, 9.17) is 5.11 Å². The lowest BCUT2D eigenvalue weighted by atomic mass is 10.1. The summed E-state index contributed by atoms with van der Waals surface area (Å²) >= 11 is 0. The van der Waals surface area contributed by atoms with E-state index in [1.807, 2.05) is 0 Å². The zero-order chi connectivity index (χ0) is 16.1. The number of aliphatic carboxylic acids is 1. The molecule has 1 aliphatic rings. The Labute approximate surface area is 128 Å². The Balaban J connectivity index is 1.87. The molecule has 0 radical (unpaired) electrons. The van der Waals surface area contributed by atoms with E-state index in [9.17, 15) is 14.4 Å². The second kappa shape index (κ2) is 7.06. The second-order valence-electron chi connectivity index (χ2n) is 5.63. The van der Waals surface area contributed by atoms with Crippen LogP contribution in [-0.2, 0) is 16.1 Å². The van der Waals surface area contributed by atoms with Gasteiger partial charge in [-0.15, -0.1) is 0 Å². The molecule has 1 aliphatic carbocycles. The number of benzene rings is 1. The third-order valence-electron chi connectivity index (χ3n) is 3.87. The van der Waals surface area contributed by atoms with E-state index in [1.165, 1.54) is 6.92 Å². The summed E-state index contributed by atoms with van der Waals surface area (Å²) in [5, 5.41) is 14.5. The van der Waals surface area contributed by atoms with E-state index < -0.39 is 5.97 Å². The average Bonchev–Trinajstić information content (AvgIpc) is 2.94. The van der Waals surface area contributed by atoms with Crippen LogP contribution in [0, 0.1) is 5.92 Å². The number of carboxylic acid groups (broad SMARTS) is 1. The minimum absolute atomic E-state index is 0.0762. The summed E-state index contributed by atoms with van der Waals surface area (Å²) in [7, 11) is 0. The molecule has 0 unspecified atom stereocenters. The van der Waals surface area contributed by atoms with Crippen LogP contribution in [-0.4, -0.2) is 28.9 Å². The van der Waals surface area contributed by atoms with E-state index in [1.54, 1.807) is 24.3 Å². The summed E-state index contributed by atoms with van der Waals surface area (Å²) in [6.07, 6.45) is 1.79. The number of hydrogen-bond acceptors (Lipinski definition) is 3. The lowest BCUT2D eigenvalue weighted by Gasteiger charge is -2.12. The van der Waals surface area contributed by atoms with Gasteiger partial charge in [0.1, 0.15) is 0 Å². The van der Waals surface area contributed by atoms with Crippen molar-refractivity contribution in [1.82, 2.24) is 10.6 Å². The largest absolute Gasteiger partial charge is 0.481 e. The van der Waals surface area contributed by atoms with Gasteiger partial charge in [-0.25, -0.2) is 0 Å². The molecule has 3 N–H and O–H groups in total. The molecule has 6 heteroatoms. The van der Waals surface area contributed by atoms with Crippen molar-refractivity contribution in [2.45, 2.75) is 38.8 Å². The fourth-order valence-corrected chi connectivity index (χ4v) is 2.61. The average molecular weight is 304 g/mol. The molecule has 6 nitrogen and oxygen atoms in total. The van der Waals surface area contributed by atoms with E-state index in [2.05, 4.69) is 10.6 Å². The van der Waals surface area contributed by atoms with E-state index >= 15 is 0 Å². The maximum Gasteiger partial charge on any atom is 0.306 e. The Morgan fingerprint density at radius 3 is 2.41 bits per heavy atom. The molecule has 0 heterocycles. The maximum absolute atomic E-state index is 12.1. The predicted molar refractivity (Wildman–Crippen MR) is 80.2 cm³/mol. The van der Waals surface area contributed by atoms with Gasteiger partial charge in [0.15, 0.2) is 0 Å². The lowest BCUT2D eigenvalue weighted by Crippen LogP contribution is -2.33. The number of carbonyl (C=O) groups excluding carboxylic acids is 2. The van der Waals surface area contributed by atoms with Crippen molar-refractivity contribution in [2.24, 2.45) is 5.92 Å². The number of hydrogen-bond donors (Lipinski definition) is 3. The van der Waals surface area contributed by atoms with Crippen molar-refractivity contribution in [3.8, 4) is 0 Å². The van der Waals surface area contributed by atoms with Gasteiger partial charge in [-0.1, -0.05) is 12.1 Å². The highest BCUT2D eigenvalue weighted by molar-refractivity contribution is 5.94. The maximum atomic E-state index is 12.1. The number of carboxylic acids is 1. The first-order valence-electron chi connectivity index (χ1n) is 7.32. The first kappa shape index (κ1) is 16.0. The Bertz CT molecular complexity index is 568. The standard InChI is InChI=1S/C16H20N2O4/c1-10(19)17-9-11-2-4-12(5-3-11)15(20)18-14-7-6-13(8-14)16(21)22/h2-5,13-14H,6-9H2,1H3,(H,17,19)(H,18,20)(H,21,22)/t13-,14+/m1/s1. The van der Waals surface area contributed by atoms with Crippen molar-refractivity contribution in [3.63, 3.8) is 0 Å². The summed E-state index contributed by atoms with van der Waals surface area (Å²) in [6.45, 7) is 1.88. The normalized spacial score (nSPS) is 20.4. The minimum atomic E-state index is -0.793. The third kappa shape index (κ3) is 4.31. The quantitative estimate of drug-likeness (QED) is 0.764. The van der Waals surface area contributed by atoms with Crippen molar-refractivity contribution in [2.75, 3.05) is 0 Å². The topological polar surface area (TPSA) is 95.5 Å². The Kier molecular flexibility index (Phi) is 5.14. The molecule has 2 atom stereocenters. The van der Waals surface area contributed by atoms with Gasteiger partial charge in [-0.05, 0) is 37.0 Å². The molecule has 2 rings (SSSR count). The predicted octanol–water partition coefficient (Wildman–Crippen LogP) is 1.31. The monoisotopic (exact) mass is 304 g/mol. The van der Waals surface area contributed by atoms with Crippen LogP contribution in [0.15, 0.2) is 24.3 Å².